The van der Waals surface area contributed by atoms with Gasteiger partial charge in [0.05, 0.1) is 13.2 Å². The van der Waals surface area contributed by atoms with Gasteiger partial charge in [-0.25, -0.2) is 0 Å². The quantitative estimate of drug-likeness (QED) is 0.0343. The third kappa shape index (κ3) is 34.1. The maximum absolute atomic E-state index is 12.8. The number of aliphatic hydroxyl groups is 4. The first kappa shape index (κ1) is 58.7. The summed E-state index contributed by atoms with van der Waals surface area (Å²) in [7, 11) is 0. The smallest absolute Gasteiger partial charge is 0.306 e. The van der Waals surface area contributed by atoms with Crippen molar-refractivity contribution in [2.24, 2.45) is 0 Å². The Kier molecular flexibility index (Phi) is 41.3. The van der Waals surface area contributed by atoms with Crippen molar-refractivity contribution >= 4 is 11.9 Å². The second-order valence-electron chi connectivity index (χ2n) is 18.7. The zero-order chi connectivity index (χ0) is 45.1. The number of hydrogen-bond donors (Lipinski definition) is 4. The molecule has 0 spiro atoms. The SMILES string of the molecule is CCCCCCCCCCCCCCCCCCCCCCCCCC(=O)O[C@H](COC(=O)CCCCCCCCCCCCCCCC)CO[C@@H]1O[C@H](CO)[C@H](O)C(O)C1O. The van der Waals surface area contributed by atoms with E-state index in [9.17, 15) is 30.0 Å². The lowest BCUT2D eigenvalue weighted by atomic mass is 9.99. The minimum atomic E-state index is -1.59. The Morgan fingerprint density at radius 1 is 0.435 bits per heavy atom. The summed E-state index contributed by atoms with van der Waals surface area (Å²) in [5, 5.41) is 40.2. The van der Waals surface area contributed by atoms with Crippen LogP contribution in [0.1, 0.15) is 264 Å². The average molecular weight is 885 g/mol. The summed E-state index contributed by atoms with van der Waals surface area (Å²) in [6, 6.07) is 0. The minimum Gasteiger partial charge on any atom is -0.462 e. The lowest BCUT2D eigenvalue weighted by Gasteiger charge is -2.39. The fourth-order valence-corrected chi connectivity index (χ4v) is 8.55. The van der Waals surface area contributed by atoms with Crippen molar-refractivity contribution in [2.45, 2.75) is 301 Å². The van der Waals surface area contributed by atoms with E-state index in [1.54, 1.807) is 0 Å². The van der Waals surface area contributed by atoms with Crippen LogP contribution in [-0.2, 0) is 28.5 Å². The van der Waals surface area contributed by atoms with E-state index in [0.717, 1.165) is 32.1 Å². The highest BCUT2D eigenvalue weighted by Gasteiger charge is 2.44. The Balaban J connectivity index is 2.20. The Morgan fingerprint density at radius 2 is 0.758 bits per heavy atom. The third-order valence-corrected chi connectivity index (χ3v) is 12.7. The summed E-state index contributed by atoms with van der Waals surface area (Å²) in [6.07, 6.45) is 39.7. The van der Waals surface area contributed by atoms with Crippen LogP contribution in [-0.4, -0.2) is 89.0 Å². The predicted molar refractivity (Wildman–Crippen MR) is 252 cm³/mol. The van der Waals surface area contributed by atoms with Gasteiger partial charge < -0.3 is 39.4 Å². The first-order valence-corrected chi connectivity index (χ1v) is 26.6. The number of carbonyl (C=O) groups excluding carboxylic acids is 2. The minimum absolute atomic E-state index is 0.208. The van der Waals surface area contributed by atoms with Crippen LogP contribution >= 0.6 is 0 Å². The second-order valence-corrected chi connectivity index (χ2v) is 18.7. The number of rotatable bonds is 46. The van der Waals surface area contributed by atoms with Gasteiger partial charge in [-0.1, -0.05) is 239 Å². The first-order chi connectivity index (χ1) is 30.3. The van der Waals surface area contributed by atoms with E-state index >= 15 is 0 Å². The number of aliphatic hydroxyl groups excluding tert-OH is 4. The highest BCUT2D eigenvalue weighted by molar-refractivity contribution is 5.70. The van der Waals surface area contributed by atoms with Crippen LogP contribution in [0.4, 0.5) is 0 Å². The van der Waals surface area contributed by atoms with Crippen LogP contribution < -0.4 is 0 Å². The molecular weight excluding hydrogens is 785 g/mol. The summed E-state index contributed by atoms with van der Waals surface area (Å²) in [5.74, 6) is -0.786. The van der Waals surface area contributed by atoms with Gasteiger partial charge in [0.2, 0.25) is 0 Å². The standard InChI is InChI=1S/C52H100O10/c1-3-5-7-9-11-13-15-17-19-20-21-22-23-24-25-26-27-29-31-33-35-37-39-41-48(55)61-45(44-60-52-51(58)50(57)49(56)46(42-53)62-52)43-59-47(54)40-38-36-34-32-30-28-18-16-14-12-10-8-6-4-2/h45-46,49-53,56-58H,3-44H2,1-2H3/t45-,46-,49+,50?,51?,52-/m1/s1. The molecule has 2 unspecified atom stereocenters. The molecule has 0 radical (unpaired) electrons. The van der Waals surface area contributed by atoms with Crippen LogP contribution in [0.3, 0.4) is 0 Å². The molecule has 0 aromatic rings. The normalized spacial score (nSPS) is 19.5. The fraction of sp³-hybridized carbons (Fsp3) is 0.962. The van der Waals surface area contributed by atoms with Crippen LogP contribution in [0.25, 0.3) is 0 Å². The van der Waals surface area contributed by atoms with Crippen molar-refractivity contribution in [1.29, 1.82) is 0 Å². The molecular formula is C52H100O10. The molecule has 0 bridgehead atoms. The van der Waals surface area contributed by atoms with Crippen molar-refractivity contribution in [3.05, 3.63) is 0 Å². The number of esters is 2. The largest absolute Gasteiger partial charge is 0.462 e. The molecule has 1 heterocycles. The molecule has 1 aliphatic heterocycles. The molecule has 1 rings (SSSR count). The second kappa shape index (κ2) is 43.6. The molecule has 4 N–H and O–H groups in total. The Hall–Kier alpha value is -1.30. The van der Waals surface area contributed by atoms with Crippen LogP contribution in [0, 0.1) is 0 Å². The van der Waals surface area contributed by atoms with Gasteiger partial charge in [-0.15, -0.1) is 0 Å². The maximum atomic E-state index is 12.8. The van der Waals surface area contributed by atoms with E-state index in [1.165, 1.54) is 199 Å². The van der Waals surface area contributed by atoms with Crippen LogP contribution in [0.5, 0.6) is 0 Å². The van der Waals surface area contributed by atoms with Gasteiger partial charge in [-0.05, 0) is 12.8 Å². The molecule has 1 fully saturated rings. The monoisotopic (exact) mass is 885 g/mol. The van der Waals surface area contributed by atoms with E-state index in [-0.39, 0.29) is 32.0 Å². The van der Waals surface area contributed by atoms with Crippen LogP contribution in [0.15, 0.2) is 0 Å². The molecule has 0 aromatic carbocycles. The van der Waals surface area contributed by atoms with E-state index in [0.29, 0.717) is 6.42 Å². The Bertz CT molecular complexity index is 979. The van der Waals surface area contributed by atoms with Crippen molar-refractivity contribution in [2.75, 3.05) is 19.8 Å². The number of carbonyl (C=O) groups is 2. The van der Waals surface area contributed by atoms with E-state index in [1.807, 2.05) is 0 Å². The fourth-order valence-electron chi connectivity index (χ4n) is 8.55. The molecule has 6 atom stereocenters. The number of ether oxygens (including phenoxy) is 4. The molecule has 368 valence electrons. The lowest BCUT2D eigenvalue weighted by molar-refractivity contribution is -0.305. The van der Waals surface area contributed by atoms with Gasteiger partial charge in [0.25, 0.3) is 0 Å². The average Bonchev–Trinajstić information content (AvgIpc) is 3.27. The van der Waals surface area contributed by atoms with Gasteiger partial charge in [0, 0.05) is 12.8 Å². The Morgan fingerprint density at radius 3 is 1.10 bits per heavy atom. The van der Waals surface area contributed by atoms with Gasteiger partial charge in [0.1, 0.15) is 31.0 Å². The molecule has 0 aromatic heterocycles. The highest BCUT2D eigenvalue weighted by Crippen LogP contribution is 2.23. The summed E-state index contributed by atoms with van der Waals surface area (Å²) in [6.45, 7) is 3.48. The molecule has 1 aliphatic rings. The van der Waals surface area contributed by atoms with E-state index < -0.39 is 49.4 Å². The molecule has 0 saturated carbocycles. The number of unbranched alkanes of at least 4 members (excludes halogenated alkanes) is 35. The predicted octanol–water partition coefficient (Wildman–Crippen LogP) is 12.5. The van der Waals surface area contributed by atoms with Crippen molar-refractivity contribution in [3.8, 4) is 0 Å². The molecule has 0 amide bonds. The Labute approximate surface area is 380 Å². The summed E-state index contributed by atoms with van der Waals surface area (Å²) in [5.41, 5.74) is 0. The van der Waals surface area contributed by atoms with Gasteiger partial charge >= 0.3 is 11.9 Å². The van der Waals surface area contributed by atoms with Gasteiger partial charge in [-0.3, -0.25) is 9.59 Å². The van der Waals surface area contributed by atoms with Crippen molar-refractivity contribution in [1.82, 2.24) is 0 Å². The maximum Gasteiger partial charge on any atom is 0.306 e. The van der Waals surface area contributed by atoms with Crippen molar-refractivity contribution < 1.29 is 49.0 Å². The third-order valence-electron chi connectivity index (χ3n) is 12.7. The van der Waals surface area contributed by atoms with E-state index in [2.05, 4.69) is 13.8 Å². The zero-order valence-corrected chi connectivity index (χ0v) is 40.4. The molecule has 62 heavy (non-hydrogen) atoms. The summed E-state index contributed by atoms with van der Waals surface area (Å²) in [4.78, 5) is 25.4. The van der Waals surface area contributed by atoms with Crippen molar-refractivity contribution in [3.63, 3.8) is 0 Å². The van der Waals surface area contributed by atoms with Crippen LogP contribution in [0.2, 0.25) is 0 Å². The summed E-state index contributed by atoms with van der Waals surface area (Å²) >= 11 is 0. The lowest BCUT2D eigenvalue weighted by Crippen LogP contribution is -2.59. The molecule has 10 heteroatoms. The molecule has 10 nitrogen and oxygen atoms in total. The molecule has 1 saturated heterocycles. The van der Waals surface area contributed by atoms with Gasteiger partial charge in [0.15, 0.2) is 12.4 Å². The molecule has 0 aliphatic carbocycles. The van der Waals surface area contributed by atoms with Gasteiger partial charge in [-0.2, -0.15) is 0 Å². The highest BCUT2D eigenvalue weighted by atomic mass is 16.7. The summed E-state index contributed by atoms with van der Waals surface area (Å²) < 4.78 is 22.3. The first-order valence-electron chi connectivity index (χ1n) is 26.6. The van der Waals surface area contributed by atoms with E-state index in [4.69, 9.17) is 18.9 Å². The zero-order valence-electron chi connectivity index (χ0n) is 40.4. The number of hydrogen-bond acceptors (Lipinski definition) is 10. The topological polar surface area (TPSA) is 152 Å².